The lowest BCUT2D eigenvalue weighted by molar-refractivity contribution is 0.669. The lowest BCUT2D eigenvalue weighted by Crippen LogP contribution is -2.11. The lowest BCUT2D eigenvalue weighted by atomic mass is 9.92. The van der Waals surface area contributed by atoms with Crippen molar-refractivity contribution in [2.75, 3.05) is 9.80 Å². The average molecular weight is 811 g/mol. The Balaban J connectivity index is 1.09. The van der Waals surface area contributed by atoms with Crippen molar-refractivity contribution in [1.29, 1.82) is 0 Å². The second-order valence-electron chi connectivity index (χ2n) is 15.6. The van der Waals surface area contributed by atoms with E-state index in [0.717, 1.165) is 72.6 Å². The number of anilines is 6. The van der Waals surface area contributed by atoms with Crippen molar-refractivity contribution >= 4 is 98.3 Å². The Morgan fingerprint density at radius 3 is 1.55 bits per heavy atom. The van der Waals surface area contributed by atoms with E-state index in [2.05, 4.69) is 240 Å². The lowest BCUT2D eigenvalue weighted by Gasteiger charge is -2.28. The monoisotopic (exact) mass is 810 g/mol. The molecule has 0 unspecified atom stereocenters. The van der Waals surface area contributed by atoms with Gasteiger partial charge in [-0.05, 0) is 107 Å². The van der Waals surface area contributed by atoms with E-state index >= 15 is 0 Å². The van der Waals surface area contributed by atoms with Crippen LogP contribution in [-0.4, -0.2) is 0 Å². The molecule has 0 saturated heterocycles. The Morgan fingerprint density at radius 2 is 0.823 bits per heavy atom. The Hall–Kier alpha value is -7.92. The van der Waals surface area contributed by atoms with Crippen molar-refractivity contribution in [3.8, 4) is 22.3 Å². The van der Waals surface area contributed by atoms with Gasteiger partial charge in [0, 0.05) is 48.0 Å². The van der Waals surface area contributed by atoms with Gasteiger partial charge in [0.05, 0.1) is 22.4 Å². The molecule has 0 aliphatic heterocycles. The van der Waals surface area contributed by atoms with Crippen LogP contribution in [0.4, 0.5) is 34.1 Å². The zero-order valence-corrected chi connectivity index (χ0v) is 34.5. The molecule has 10 aromatic carbocycles. The number of hydrogen-bond donors (Lipinski definition) is 0. The molecule has 2 heterocycles. The summed E-state index contributed by atoms with van der Waals surface area (Å²) in [4.78, 5) is 4.80. The van der Waals surface area contributed by atoms with E-state index in [-0.39, 0.29) is 0 Å². The van der Waals surface area contributed by atoms with Gasteiger partial charge in [-0.1, -0.05) is 152 Å². The van der Waals surface area contributed by atoms with Gasteiger partial charge in [0.15, 0.2) is 0 Å². The summed E-state index contributed by atoms with van der Waals surface area (Å²) in [6.45, 7) is 0. The van der Waals surface area contributed by atoms with Crippen LogP contribution in [0.3, 0.4) is 0 Å². The maximum Gasteiger partial charge on any atom is 0.137 e. The van der Waals surface area contributed by atoms with Crippen molar-refractivity contribution < 1.29 is 4.42 Å². The maximum atomic E-state index is 6.74. The fourth-order valence-corrected chi connectivity index (χ4v) is 10.5. The van der Waals surface area contributed by atoms with E-state index in [9.17, 15) is 0 Å². The quantitative estimate of drug-likeness (QED) is 0.152. The van der Waals surface area contributed by atoms with Gasteiger partial charge >= 0.3 is 0 Å². The Labute approximate surface area is 363 Å². The van der Waals surface area contributed by atoms with Crippen LogP contribution in [0.1, 0.15) is 0 Å². The molecular formula is C58H38N2OS. The molecule has 12 rings (SSSR count). The summed E-state index contributed by atoms with van der Waals surface area (Å²) in [5.74, 6) is 0. The molecule has 0 aliphatic carbocycles. The van der Waals surface area contributed by atoms with Crippen LogP contribution >= 0.6 is 11.3 Å². The summed E-state index contributed by atoms with van der Waals surface area (Å²) < 4.78 is 9.30. The summed E-state index contributed by atoms with van der Waals surface area (Å²) >= 11 is 1.85. The van der Waals surface area contributed by atoms with Gasteiger partial charge in [0.2, 0.25) is 0 Å². The highest BCUT2D eigenvalue weighted by Gasteiger charge is 2.24. The normalized spacial score (nSPS) is 11.5. The molecule has 0 atom stereocenters. The second kappa shape index (κ2) is 15.0. The van der Waals surface area contributed by atoms with E-state index < -0.39 is 0 Å². The number of para-hydroxylation sites is 2. The molecule has 0 amide bonds. The predicted octanol–water partition coefficient (Wildman–Crippen LogP) is 17.4. The van der Waals surface area contributed by atoms with Crippen molar-refractivity contribution in [2.24, 2.45) is 0 Å². The van der Waals surface area contributed by atoms with E-state index in [1.807, 2.05) is 11.3 Å². The molecule has 0 aliphatic rings. The fourth-order valence-electron chi connectivity index (χ4n) is 9.34. The van der Waals surface area contributed by atoms with Gasteiger partial charge in [-0.15, -0.1) is 11.3 Å². The molecule has 0 bridgehead atoms. The van der Waals surface area contributed by atoms with Crippen molar-refractivity contribution in [3.05, 3.63) is 231 Å². The first-order valence-electron chi connectivity index (χ1n) is 21.0. The van der Waals surface area contributed by atoms with Crippen LogP contribution in [0.15, 0.2) is 235 Å². The smallest absolute Gasteiger partial charge is 0.137 e. The number of rotatable bonds is 8. The molecule has 0 N–H and O–H groups in total. The summed E-state index contributed by atoms with van der Waals surface area (Å²) in [6, 6.07) is 82.7. The van der Waals surface area contributed by atoms with Gasteiger partial charge in [-0.25, -0.2) is 0 Å². The molecule has 292 valence electrons. The Kier molecular flexibility index (Phi) is 8.68. The molecular weight excluding hydrogens is 773 g/mol. The molecule has 3 nitrogen and oxygen atoms in total. The van der Waals surface area contributed by atoms with E-state index in [0.29, 0.717) is 0 Å². The second-order valence-corrected chi connectivity index (χ2v) is 16.7. The Morgan fingerprint density at radius 1 is 0.290 bits per heavy atom. The first-order chi connectivity index (χ1) is 30.8. The number of fused-ring (bicyclic) bond motifs is 7. The third-order valence-corrected chi connectivity index (χ3v) is 13.2. The number of hydrogen-bond acceptors (Lipinski definition) is 4. The summed E-state index contributed by atoms with van der Waals surface area (Å²) in [5, 5.41) is 7.03. The topological polar surface area (TPSA) is 19.6 Å². The SMILES string of the molecule is c1ccc(-c2ccc(N(c3ccc(-c4cccc5oc6cccc(N(c7ccccc7)c7ccccc7)c6c45)c4ccccc34)c3cccc4sc5ccccc5c34)cc2)cc1. The van der Waals surface area contributed by atoms with Crippen LogP contribution < -0.4 is 9.80 Å². The zero-order chi connectivity index (χ0) is 41.0. The number of thiophene rings is 1. The molecule has 62 heavy (non-hydrogen) atoms. The minimum Gasteiger partial charge on any atom is -0.456 e. The molecule has 0 saturated carbocycles. The van der Waals surface area contributed by atoms with Gasteiger partial charge < -0.3 is 14.2 Å². The summed E-state index contributed by atoms with van der Waals surface area (Å²) in [5.41, 5.74) is 13.0. The number of benzene rings is 10. The standard InChI is InChI=1S/C58H38N2OS/c1-4-17-39(18-5-1)40-33-35-43(36-34-40)60(50-28-16-32-55-56(50)48-25-12-13-31-54(48)62-55)49-38-37-45(44-23-10-11-24-46(44)49)47-26-14-29-52-57(47)58-51(27-15-30-53(58)61-52)59(41-19-6-2-7-20-41)42-21-8-3-9-22-42/h1-38H. The van der Waals surface area contributed by atoms with Crippen LogP contribution in [0.25, 0.3) is 75.1 Å². The first kappa shape index (κ1) is 36.0. The molecule has 0 spiro atoms. The average Bonchev–Trinajstić information content (AvgIpc) is 3.93. The van der Waals surface area contributed by atoms with Crippen LogP contribution in [-0.2, 0) is 0 Å². The van der Waals surface area contributed by atoms with Crippen LogP contribution in [0.2, 0.25) is 0 Å². The van der Waals surface area contributed by atoms with Crippen molar-refractivity contribution in [2.45, 2.75) is 0 Å². The van der Waals surface area contributed by atoms with E-state index in [1.54, 1.807) is 0 Å². The third kappa shape index (κ3) is 5.95. The first-order valence-corrected chi connectivity index (χ1v) is 21.8. The highest BCUT2D eigenvalue weighted by molar-refractivity contribution is 7.26. The van der Waals surface area contributed by atoms with Crippen molar-refractivity contribution in [1.82, 2.24) is 0 Å². The van der Waals surface area contributed by atoms with Gasteiger partial charge in [-0.3, -0.25) is 0 Å². The van der Waals surface area contributed by atoms with Crippen LogP contribution in [0.5, 0.6) is 0 Å². The van der Waals surface area contributed by atoms with Gasteiger partial charge in [-0.2, -0.15) is 0 Å². The molecule has 0 fully saturated rings. The highest BCUT2D eigenvalue weighted by atomic mass is 32.1. The summed E-state index contributed by atoms with van der Waals surface area (Å²) in [6.07, 6.45) is 0. The zero-order valence-electron chi connectivity index (χ0n) is 33.7. The minimum absolute atomic E-state index is 0.851. The highest BCUT2D eigenvalue weighted by Crippen LogP contribution is 2.50. The molecule has 2 aromatic heterocycles. The molecule has 4 heteroatoms. The largest absolute Gasteiger partial charge is 0.456 e. The third-order valence-electron chi connectivity index (χ3n) is 12.1. The predicted molar refractivity (Wildman–Crippen MR) is 264 cm³/mol. The minimum atomic E-state index is 0.851. The van der Waals surface area contributed by atoms with E-state index in [1.165, 1.54) is 36.7 Å². The van der Waals surface area contributed by atoms with Crippen LogP contribution in [0, 0.1) is 0 Å². The summed E-state index contributed by atoms with van der Waals surface area (Å²) in [7, 11) is 0. The van der Waals surface area contributed by atoms with Gasteiger partial charge in [0.1, 0.15) is 11.2 Å². The van der Waals surface area contributed by atoms with E-state index in [4.69, 9.17) is 4.42 Å². The van der Waals surface area contributed by atoms with Gasteiger partial charge in [0.25, 0.3) is 0 Å². The molecule has 12 aromatic rings. The Bertz CT molecular complexity index is 3540. The number of furan rings is 1. The number of nitrogens with zero attached hydrogens (tertiary/aromatic N) is 2. The maximum absolute atomic E-state index is 6.74. The molecule has 0 radical (unpaired) electrons. The van der Waals surface area contributed by atoms with Crippen molar-refractivity contribution in [3.63, 3.8) is 0 Å². The fraction of sp³-hybridized carbons (Fsp3) is 0.